The molecule has 0 fully saturated rings. The molecule has 0 amide bonds. The lowest BCUT2D eigenvalue weighted by Gasteiger charge is -2.07. The normalized spacial score (nSPS) is 14.0. The molecule has 0 saturated heterocycles. The van der Waals surface area contributed by atoms with Crippen molar-refractivity contribution in [2.45, 2.75) is 12.1 Å². The summed E-state index contributed by atoms with van der Waals surface area (Å²) in [6.45, 7) is 0. The van der Waals surface area contributed by atoms with Gasteiger partial charge in [0.05, 0.1) is 0 Å². The highest BCUT2D eigenvalue weighted by atomic mass is 32.2. The summed E-state index contributed by atoms with van der Waals surface area (Å²) >= 11 is 4.82. The topological polar surface area (TPSA) is 127 Å². The molecule has 0 heterocycles. The summed E-state index contributed by atoms with van der Waals surface area (Å²) in [5, 5.41) is 17.1. The maximum atomic E-state index is 10.4. The van der Waals surface area contributed by atoms with Gasteiger partial charge in [0.15, 0.2) is 0 Å². The number of aliphatic carboxylic acids is 2. The molecule has 0 bridgehead atoms. The molecule has 6 nitrogen and oxygen atoms in total. The zero-order valence-electron chi connectivity index (χ0n) is 10.5. The molecule has 0 aromatic rings. The lowest BCUT2D eigenvalue weighted by molar-refractivity contribution is -0.138. The molecule has 6 N–H and O–H groups in total. The van der Waals surface area contributed by atoms with Crippen LogP contribution >= 0.6 is 35.3 Å². The minimum absolute atomic E-state index is 0.429. The van der Waals surface area contributed by atoms with Crippen molar-refractivity contribution in [3.63, 3.8) is 0 Å². The molecule has 0 aliphatic heterocycles. The first-order chi connectivity index (χ1) is 8.95. The molecular weight excluding hydrogens is 308 g/mol. The third-order valence-electron chi connectivity index (χ3n) is 1.97. The van der Waals surface area contributed by atoms with Crippen molar-refractivity contribution < 1.29 is 19.8 Å². The minimum Gasteiger partial charge on any atom is -0.480 e. The SMILES string of the molecule is N[C@H](CSCCSCCSC[C@@H](N)C(=O)O)C(=O)O. The van der Waals surface area contributed by atoms with Gasteiger partial charge in [-0.25, -0.2) is 0 Å². The summed E-state index contributed by atoms with van der Waals surface area (Å²) in [6.07, 6.45) is 0. The van der Waals surface area contributed by atoms with Gasteiger partial charge < -0.3 is 21.7 Å². The fourth-order valence-corrected chi connectivity index (χ4v) is 4.12. The molecule has 0 aliphatic rings. The average Bonchev–Trinajstić information content (AvgIpc) is 2.35. The van der Waals surface area contributed by atoms with Gasteiger partial charge in [0.1, 0.15) is 12.1 Å². The van der Waals surface area contributed by atoms with E-state index in [1.165, 1.54) is 23.5 Å². The molecule has 0 spiro atoms. The van der Waals surface area contributed by atoms with E-state index in [0.29, 0.717) is 11.5 Å². The number of carboxylic acids is 2. The van der Waals surface area contributed by atoms with Gasteiger partial charge in [0, 0.05) is 34.5 Å². The lowest BCUT2D eigenvalue weighted by Crippen LogP contribution is -2.32. The van der Waals surface area contributed by atoms with Crippen molar-refractivity contribution in [1.29, 1.82) is 0 Å². The molecule has 0 aliphatic carbocycles. The van der Waals surface area contributed by atoms with Gasteiger partial charge in [-0.1, -0.05) is 0 Å². The number of hydrogen-bond donors (Lipinski definition) is 4. The number of nitrogens with two attached hydrogens (primary N) is 2. The fourth-order valence-electron chi connectivity index (χ4n) is 0.901. The first-order valence-electron chi connectivity index (χ1n) is 5.65. The summed E-state index contributed by atoms with van der Waals surface area (Å²) in [7, 11) is 0. The second kappa shape index (κ2) is 11.7. The van der Waals surface area contributed by atoms with Gasteiger partial charge in [0.25, 0.3) is 0 Å². The van der Waals surface area contributed by atoms with Gasteiger partial charge in [0.2, 0.25) is 0 Å². The Kier molecular flexibility index (Phi) is 11.7. The Labute approximate surface area is 125 Å². The van der Waals surface area contributed by atoms with E-state index >= 15 is 0 Å². The van der Waals surface area contributed by atoms with Crippen molar-refractivity contribution in [2.24, 2.45) is 11.5 Å². The predicted octanol–water partition coefficient (Wildman–Crippen LogP) is 0.00980. The maximum Gasteiger partial charge on any atom is 0.321 e. The highest BCUT2D eigenvalue weighted by molar-refractivity contribution is 8.04. The Morgan fingerprint density at radius 3 is 1.42 bits per heavy atom. The Balaban J connectivity index is 3.24. The second-order valence-electron chi connectivity index (χ2n) is 3.65. The molecule has 0 aromatic heterocycles. The second-order valence-corrected chi connectivity index (χ2v) is 7.18. The number of rotatable bonds is 12. The van der Waals surface area contributed by atoms with Gasteiger partial charge in [-0.15, -0.1) is 0 Å². The van der Waals surface area contributed by atoms with Crippen LogP contribution in [0.25, 0.3) is 0 Å². The van der Waals surface area contributed by atoms with Crippen molar-refractivity contribution in [2.75, 3.05) is 34.5 Å². The van der Waals surface area contributed by atoms with E-state index in [0.717, 1.165) is 23.0 Å². The smallest absolute Gasteiger partial charge is 0.321 e. The first-order valence-corrected chi connectivity index (χ1v) is 9.11. The van der Waals surface area contributed by atoms with Crippen LogP contribution in [-0.2, 0) is 9.59 Å². The zero-order chi connectivity index (χ0) is 14.7. The number of carbonyl (C=O) groups is 2. The highest BCUT2D eigenvalue weighted by Gasteiger charge is 2.11. The molecule has 0 radical (unpaired) electrons. The van der Waals surface area contributed by atoms with Crippen LogP contribution in [0.2, 0.25) is 0 Å². The van der Waals surface area contributed by atoms with Crippen molar-refractivity contribution in [3.05, 3.63) is 0 Å². The Bertz CT molecular complexity index is 256. The van der Waals surface area contributed by atoms with Crippen LogP contribution in [0.1, 0.15) is 0 Å². The summed E-state index contributed by atoms with van der Waals surface area (Å²) in [5.74, 6) is 2.52. The highest BCUT2D eigenvalue weighted by Crippen LogP contribution is 2.11. The Morgan fingerprint density at radius 1 is 0.789 bits per heavy atom. The third-order valence-corrected chi connectivity index (χ3v) is 5.65. The minimum atomic E-state index is -0.966. The molecule has 0 saturated carbocycles. The maximum absolute atomic E-state index is 10.4. The summed E-state index contributed by atoms with van der Waals surface area (Å²) in [5.41, 5.74) is 10.7. The molecule has 0 rings (SSSR count). The van der Waals surface area contributed by atoms with Gasteiger partial charge in [-0.05, 0) is 0 Å². The van der Waals surface area contributed by atoms with E-state index in [4.69, 9.17) is 21.7 Å². The predicted molar refractivity (Wildman–Crippen MR) is 83.2 cm³/mol. The first kappa shape index (κ1) is 18.9. The van der Waals surface area contributed by atoms with Crippen LogP contribution in [0.3, 0.4) is 0 Å². The number of thioether (sulfide) groups is 3. The largest absolute Gasteiger partial charge is 0.480 e. The number of carboxylic acid groups (broad SMARTS) is 2. The molecule has 19 heavy (non-hydrogen) atoms. The quantitative estimate of drug-likeness (QED) is 0.366. The van der Waals surface area contributed by atoms with Gasteiger partial charge in [-0.3, -0.25) is 9.59 Å². The van der Waals surface area contributed by atoms with E-state index in [1.54, 1.807) is 11.8 Å². The van der Waals surface area contributed by atoms with Crippen LogP contribution in [0.5, 0.6) is 0 Å². The van der Waals surface area contributed by atoms with Crippen LogP contribution in [0, 0.1) is 0 Å². The Hall–Kier alpha value is -0.0900. The van der Waals surface area contributed by atoms with E-state index < -0.39 is 24.0 Å². The van der Waals surface area contributed by atoms with E-state index in [-0.39, 0.29) is 0 Å². The van der Waals surface area contributed by atoms with E-state index in [1.807, 2.05) is 0 Å². The summed E-state index contributed by atoms with van der Waals surface area (Å²) in [6, 6.07) is -1.58. The van der Waals surface area contributed by atoms with Crippen LogP contribution in [0.4, 0.5) is 0 Å². The monoisotopic (exact) mass is 328 g/mol. The Morgan fingerprint density at radius 2 is 1.11 bits per heavy atom. The summed E-state index contributed by atoms with van der Waals surface area (Å²) < 4.78 is 0. The molecule has 0 unspecified atom stereocenters. The molecular formula is C10H20N2O4S3. The van der Waals surface area contributed by atoms with Crippen LogP contribution < -0.4 is 11.5 Å². The third kappa shape index (κ3) is 11.4. The molecule has 112 valence electrons. The molecule has 0 aromatic carbocycles. The fraction of sp³-hybridized carbons (Fsp3) is 0.800. The van der Waals surface area contributed by atoms with Crippen LogP contribution in [-0.4, -0.2) is 68.8 Å². The van der Waals surface area contributed by atoms with Crippen molar-refractivity contribution in [3.8, 4) is 0 Å². The van der Waals surface area contributed by atoms with E-state index in [9.17, 15) is 9.59 Å². The van der Waals surface area contributed by atoms with Crippen molar-refractivity contribution in [1.82, 2.24) is 0 Å². The zero-order valence-corrected chi connectivity index (χ0v) is 12.9. The standard InChI is InChI=1S/C10H20N2O4S3/c11-7(9(13)14)5-18-3-1-17-2-4-19-6-8(12)10(15)16/h7-8H,1-6,11-12H2,(H,13,14)(H,15,16)/t7-,8-/m1/s1. The van der Waals surface area contributed by atoms with Gasteiger partial charge >= 0.3 is 11.9 Å². The van der Waals surface area contributed by atoms with E-state index in [2.05, 4.69) is 0 Å². The summed E-state index contributed by atoms with van der Waals surface area (Å²) in [4.78, 5) is 20.9. The van der Waals surface area contributed by atoms with Crippen LogP contribution in [0.15, 0.2) is 0 Å². The lowest BCUT2D eigenvalue weighted by atomic mass is 10.4. The van der Waals surface area contributed by atoms with Gasteiger partial charge in [-0.2, -0.15) is 35.3 Å². The van der Waals surface area contributed by atoms with Crippen molar-refractivity contribution >= 4 is 47.2 Å². The molecule has 2 atom stereocenters. The average molecular weight is 328 g/mol. The number of hydrogen-bond acceptors (Lipinski definition) is 7. The molecule has 9 heteroatoms.